The third-order valence-corrected chi connectivity index (χ3v) is 2.77. The summed E-state index contributed by atoms with van der Waals surface area (Å²) < 4.78 is 15.1. The van der Waals surface area contributed by atoms with Gasteiger partial charge < -0.3 is 24.4 Å². The molecule has 0 aromatic carbocycles. The average molecular weight is 276 g/mol. The Labute approximate surface area is 111 Å². The number of hydrogen-bond donors (Lipinski definition) is 2. The van der Waals surface area contributed by atoms with Gasteiger partial charge in [-0.1, -0.05) is 13.8 Å². The van der Waals surface area contributed by atoms with E-state index in [1.54, 1.807) is 13.8 Å². The zero-order valence-electron chi connectivity index (χ0n) is 11.1. The van der Waals surface area contributed by atoms with Gasteiger partial charge >= 0.3 is 11.9 Å². The molecule has 0 aromatic heterocycles. The van der Waals surface area contributed by atoms with Gasteiger partial charge in [0.25, 0.3) is 0 Å². The molecule has 0 spiro atoms. The highest BCUT2D eigenvalue weighted by atomic mass is 16.7. The van der Waals surface area contributed by atoms with Crippen LogP contribution in [0, 0.1) is 0 Å². The van der Waals surface area contributed by atoms with Crippen LogP contribution in [-0.4, -0.2) is 53.4 Å². The van der Waals surface area contributed by atoms with E-state index in [9.17, 15) is 19.8 Å². The SMILES string of the molecule is CCC(=O)OCC1OC(O)CC(O)C1OC(=O)CC. The molecule has 0 aromatic rings. The highest BCUT2D eigenvalue weighted by Crippen LogP contribution is 2.22. The summed E-state index contributed by atoms with van der Waals surface area (Å²) >= 11 is 0. The van der Waals surface area contributed by atoms with Gasteiger partial charge in [-0.25, -0.2) is 0 Å². The first kappa shape index (κ1) is 15.9. The maximum atomic E-state index is 11.3. The summed E-state index contributed by atoms with van der Waals surface area (Å²) in [5.41, 5.74) is 0. The number of aliphatic hydroxyl groups excluding tert-OH is 2. The van der Waals surface area contributed by atoms with Crippen molar-refractivity contribution in [3.05, 3.63) is 0 Å². The van der Waals surface area contributed by atoms with Gasteiger partial charge in [0, 0.05) is 19.3 Å². The number of esters is 2. The summed E-state index contributed by atoms with van der Waals surface area (Å²) in [5.74, 6) is -0.922. The third-order valence-electron chi connectivity index (χ3n) is 2.77. The maximum absolute atomic E-state index is 11.3. The molecule has 1 fully saturated rings. The quantitative estimate of drug-likeness (QED) is 0.666. The predicted octanol–water partition coefficient (Wildman–Crippen LogP) is -0.270. The lowest BCUT2D eigenvalue weighted by Gasteiger charge is -2.36. The molecular weight excluding hydrogens is 256 g/mol. The van der Waals surface area contributed by atoms with Gasteiger partial charge in [0.2, 0.25) is 0 Å². The number of ether oxygens (including phenoxy) is 3. The Morgan fingerprint density at radius 1 is 1.21 bits per heavy atom. The first-order valence-electron chi connectivity index (χ1n) is 6.34. The lowest BCUT2D eigenvalue weighted by atomic mass is 10.0. The second kappa shape index (κ2) is 7.42. The fourth-order valence-electron chi connectivity index (χ4n) is 1.72. The minimum atomic E-state index is -1.17. The Hall–Kier alpha value is -1.18. The van der Waals surface area contributed by atoms with Gasteiger partial charge in [0.05, 0.1) is 6.10 Å². The first-order chi connectivity index (χ1) is 8.97. The van der Waals surface area contributed by atoms with Crippen LogP contribution in [0.15, 0.2) is 0 Å². The van der Waals surface area contributed by atoms with Crippen LogP contribution in [0.1, 0.15) is 33.1 Å². The largest absolute Gasteiger partial charge is 0.463 e. The summed E-state index contributed by atoms with van der Waals surface area (Å²) in [5, 5.41) is 19.2. The number of hydrogen-bond acceptors (Lipinski definition) is 7. The van der Waals surface area contributed by atoms with Crippen molar-refractivity contribution in [1.29, 1.82) is 0 Å². The highest BCUT2D eigenvalue weighted by molar-refractivity contribution is 5.69. The maximum Gasteiger partial charge on any atom is 0.305 e. The third kappa shape index (κ3) is 4.77. The van der Waals surface area contributed by atoms with E-state index in [2.05, 4.69) is 0 Å². The van der Waals surface area contributed by atoms with Crippen LogP contribution in [0.5, 0.6) is 0 Å². The molecule has 4 atom stereocenters. The second-order valence-electron chi connectivity index (χ2n) is 4.28. The van der Waals surface area contributed by atoms with Gasteiger partial charge in [-0.3, -0.25) is 9.59 Å². The molecular formula is C12H20O7. The Kier molecular flexibility index (Phi) is 6.20. The normalized spacial score (nSPS) is 30.7. The number of carbonyl (C=O) groups is 2. The molecule has 0 radical (unpaired) electrons. The van der Waals surface area contributed by atoms with Gasteiger partial charge in [0.1, 0.15) is 12.7 Å². The molecule has 7 heteroatoms. The molecule has 1 aliphatic rings. The van der Waals surface area contributed by atoms with E-state index in [1.807, 2.05) is 0 Å². The van der Waals surface area contributed by atoms with E-state index in [4.69, 9.17) is 14.2 Å². The number of rotatable bonds is 5. The van der Waals surface area contributed by atoms with Crippen LogP contribution < -0.4 is 0 Å². The molecule has 2 N–H and O–H groups in total. The molecule has 1 rings (SSSR count). The monoisotopic (exact) mass is 276 g/mol. The van der Waals surface area contributed by atoms with Crippen molar-refractivity contribution in [2.24, 2.45) is 0 Å². The van der Waals surface area contributed by atoms with E-state index in [0.29, 0.717) is 0 Å². The van der Waals surface area contributed by atoms with Crippen LogP contribution in [0.4, 0.5) is 0 Å². The van der Waals surface area contributed by atoms with E-state index < -0.39 is 36.5 Å². The molecule has 0 saturated carbocycles. The van der Waals surface area contributed by atoms with Crippen molar-refractivity contribution in [3.63, 3.8) is 0 Å². The Morgan fingerprint density at radius 2 is 1.84 bits per heavy atom. The molecule has 1 aliphatic heterocycles. The van der Waals surface area contributed by atoms with Gasteiger partial charge in [-0.15, -0.1) is 0 Å². The zero-order valence-corrected chi connectivity index (χ0v) is 11.1. The van der Waals surface area contributed by atoms with Gasteiger partial charge in [0.15, 0.2) is 12.4 Å². The Morgan fingerprint density at radius 3 is 2.42 bits per heavy atom. The number of aliphatic hydroxyl groups is 2. The van der Waals surface area contributed by atoms with Crippen LogP contribution >= 0.6 is 0 Å². The summed E-state index contributed by atoms with van der Waals surface area (Å²) in [4.78, 5) is 22.4. The summed E-state index contributed by atoms with van der Waals surface area (Å²) in [7, 11) is 0. The van der Waals surface area contributed by atoms with E-state index >= 15 is 0 Å². The molecule has 0 aliphatic carbocycles. The molecule has 1 heterocycles. The first-order valence-corrected chi connectivity index (χ1v) is 6.34. The van der Waals surface area contributed by atoms with Crippen molar-refractivity contribution < 1.29 is 34.0 Å². The number of carbonyl (C=O) groups excluding carboxylic acids is 2. The van der Waals surface area contributed by atoms with Crippen molar-refractivity contribution in [2.75, 3.05) is 6.61 Å². The zero-order chi connectivity index (χ0) is 14.4. The molecule has 0 amide bonds. The van der Waals surface area contributed by atoms with Crippen molar-refractivity contribution in [1.82, 2.24) is 0 Å². The van der Waals surface area contributed by atoms with Crippen molar-refractivity contribution in [3.8, 4) is 0 Å². The standard InChI is InChI=1S/C12H20O7/c1-3-9(14)17-6-8-12(19-10(15)4-2)7(13)5-11(16)18-8/h7-8,11-13,16H,3-6H2,1-2H3. The highest BCUT2D eigenvalue weighted by Gasteiger charge is 2.40. The topological polar surface area (TPSA) is 102 Å². The minimum absolute atomic E-state index is 0.0557. The summed E-state index contributed by atoms with van der Waals surface area (Å²) in [6, 6.07) is 0. The van der Waals surface area contributed by atoms with Crippen LogP contribution in [0.25, 0.3) is 0 Å². The van der Waals surface area contributed by atoms with Crippen molar-refractivity contribution >= 4 is 11.9 Å². The van der Waals surface area contributed by atoms with Crippen LogP contribution in [0.3, 0.4) is 0 Å². The molecule has 110 valence electrons. The average Bonchev–Trinajstić information content (AvgIpc) is 2.38. The van der Waals surface area contributed by atoms with Gasteiger partial charge in [-0.05, 0) is 0 Å². The second-order valence-corrected chi connectivity index (χ2v) is 4.28. The fraction of sp³-hybridized carbons (Fsp3) is 0.833. The Balaban J connectivity index is 2.64. The summed E-state index contributed by atoms with van der Waals surface area (Å²) in [6.45, 7) is 3.09. The van der Waals surface area contributed by atoms with Gasteiger partial charge in [-0.2, -0.15) is 0 Å². The molecule has 19 heavy (non-hydrogen) atoms. The molecule has 7 nitrogen and oxygen atoms in total. The fourth-order valence-corrected chi connectivity index (χ4v) is 1.72. The van der Waals surface area contributed by atoms with E-state index in [-0.39, 0.29) is 25.9 Å². The molecule has 1 saturated heterocycles. The summed E-state index contributed by atoms with van der Waals surface area (Å²) in [6.07, 6.45) is -3.73. The predicted molar refractivity (Wildman–Crippen MR) is 62.9 cm³/mol. The lowest BCUT2D eigenvalue weighted by molar-refractivity contribution is -0.249. The smallest absolute Gasteiger partial charge is 0.305 e. The minimum Gasteiger partial charge on any atom is -0.463 e. The van der Waals surface area contributed by atoms with Crippen molar-refractivity contribution in [2.45, 2.75) is 57.7 Å². The molecule has 0 bridgehead atoms. The molecule has 4 unspecified atom stereocenters. The van der Waals surface area contributed by atoms with E-state index in [0.717, 1.165) is 0 Å². The van der Waals surface area contributed by atoms with Crippen LogP contribution in [-0.2, 0) is 23.8 Å². The van der Waals surface area contributed by atoms with E-state index in [1.165, 1.54) is 0 Å². The Bertz CT molecular complexity index is 317. The van der Waals surface area contributed by atoms with Crippen LogP contribution in [0.2, 0.25) is 0 Å². The lowest BCUT2D eigenvalue weighted by Crippen LogP contribution is -2.52.